The van der Waals surface area contributed by atoms with Crippen LogP contribution in [0.5, 0.6) is 0 Å². The van der Waals surface area contributed by atoms with Crippen LogP contribution in [-0.4, -0.2) is 6.04 Å². The monoisotopic (exact) mass is 187 g/mol. The predicted molar refractivity (Wildman–Crippen MR) is 62.4 cm³/mol. The highest BCUT2D eigenvalue weighted by atomic mass is 14.9. The zero-order chi connectivity index (χ0) is 9.80. The average Bonchev–Trinajstić information content (AvgIpc) is 2.71. The summed E-state index contributed by atoms with van der Waals surface area (Å²) in [5.41, 5.74) is 2.44. The second-order valence-corrected chi connectivity index (χ2v) is 3.92. The zero-order valence-electron chi connectivity index (χ0n) is 8.50. The van der Waals surface area contributed by atoms with E-state index in [9.17, 15) is 0 Å². The van der Waals surface area contributed by atoms with Gasteiger partial charge in [0.1, 0.15) is 0 Å². The van der Waals surface area contributed by atoms with Crippen LogP contribution in [0, 0.1) is 0 Å². The Balaban J connectivity index is 2.10. The van der Waals surface area contributed by atoms with Crippen LogP contribution >= 0.6 is 0 Å². The molecule has 1 saturated carbocycles. The minimum Gasteiger partial charge on any atom is -0.382 e. The Morgan fingerprint density at radius 1 is 1.21 bits per heavy atom. The molecule has 14 heavy (non-hydrogen) atoms. The molecule has 0 atom stereocenters. The Morgan fingerprint density at radius 2 is 1.93 bits per heavy atom. The third-order valence-corrected chi connectivity index (χ3v) is 2.90. The zero-order valence-corrected chi connectivity index (χ0v) is 8.50. The molecule has 0 aliphatic heterocycles. The van der Waals surface area contributed by atoms with Crippen LogP contribution < -0.4 is 5.32 Å². The van der Waals surface area contributed by atoms with Gasteiger partial charge in [-0.05, 0) is 24.5 Å². The van der Waals surface area contributed by atoms with Gasteiger partial charge in [-0.1, -0.05) is 43.7 Å². The lowest BCUT2D eigenvalue weighted by Crippen LogP contribution is -2.14. The quantitative estimate of drug-likeness (QED) is 0.761. The number of hydrogen-bond acceptors (Lipinski definition) is 1. The van der Waals surface area contributed by atoms with E-state index >= 15 is 0 Å². The molecular formula is C13H17N. The Morgan fingerprint density at radius 3 is 2.64 bits per heavy atom. The highest BCUT2D eigenvalue weighted by molar-refractivity contribution is 5.65. The van der Waals surface area contributed by atoms with Gasteiger partial charge in [0.15, 0.2) is 0 Å². The molecule has 1 nitrogen and oxygen atoms in total. The molecule has 1 aromatic carbocycles. The molecule has 0 heterocycles. The molecule has 1 fully saturated rings. The van der Waals surface area contributed by atoms with E-state index < -0.39 is 0 Å². The van der Waals surface area contributed by atoms with Crippen molar-refractivity contribution >= 4 is 11.8 Å². The number of para-hydroxylation sites is 1. The molecule has 0 radical (unpaired) electrons. The first-order valence-electron chi connectivity index (χ1n) is 5.38. The summed E-state index contributed by atoms with van der Waals surface area (Å²) in [4.78, 5) is 0. The maximum absolute atomic E-state index is 3.83. The summed E-state index contributed by atoms with van der Waals surface area (Å²) < 4.78 is 0. The molecule has 1 aromatic rings. The minimum absolute atomic E-state index is 0.677. The van der Waals surface area contributed by atoms with Crippen LogP contribution in [0.25, 0.3) is 6.08 Å². The second-order valence-electron chi connectivity index (χ2n) is 3.92. The summed E-state index contributed by atoms with van der Waals surface area (Å²) in [7, 11) is 0. The Kier molecular flexibility index (Phi) is 2.87. The van der Waals surface area contributed by atoms with E-state index in [0.29, 0.717) is 6.04 Å². The van der Waals surface area contributed by atoms with Crippen LogP contribution in [0.4, 0.5) is 5.69 Å². The molecule has 0 unspecified atom stereocenters. The standard InChI is InChI=1S/C13H17N/c1-2-11-7-3-6-10-13(11)14-12-8-4-5-9-12/h2-3,6-7,10,12,14H,1,4-5,8-9H2. The molecule has 0 bridgehead atoms. The van der Waals surface area contributed by atoms with Crippen molar-refractivity contribution in [3.8, 4) is 0 Å². The molecular weight excluding hydrogens is 170 g/mol. The predicted octanol–water partition coefficient (Wildman–Crippen LogP) is 3.68. The maximum atomic E-state index is 3.83. The van der Waals surface area contributed by atoms with Crippen molar-refractivity contribution in [1.29, 1.82) is 0 Å². The fraction of sp³-hybridized carbons (Fsp3) is 0.385. The first kappa shape index (κ1) is 9.32. The van der Waals surface area contributed by atoms with Crippen molar-refractivity contribution in [3.05, 3.63) is 36.4 Å². The lowest BCUT2D eigenvalue weighted by Gasteiger charge is -2.15. The molecule has 0 spiro atoms. The molecule has 2 rings (SSSR count). The van der Waals surface area contributed by atoms with E-state index in [1.54, 1.807) is 0 Å². The number of nitrogens with one attached hydrogen (secondary N) is 1. The molecule has 74 valence electrons. The van der Waals surface area contributed by atoms with Gasteiger partial charge >= 0.3 is 0 Å². The molecule has 0 saturated heterocycles. The molecule has 1 heteroatoms. The minimum atomic E-state index is 0.677. The average molecular weight is 187 g/mol. The first-order chi connectivity index (χ1) is 6.90. The van der Waals surface area contributed by atoms with Gasteiger partial charge in [0.2, 0.25) is 0 Å². The van der Waals surface area contributed by atoms with Gasteiger partial charge in [-0.3, -0.25) is 0 Å². The van der Waals surface area contributed by atoms with Crippen molar-refractivity contribution in [2.45, 2.75) is 31.7 Å². The van der Waals surface area contributed by atoms with Crippen LogP contribution in [0.1, 0.15) is 31.2 Å². The molecule has 1 N–H and O–H groups in total. The second kappa shape index (κ2) is 4.32. The lowest BCUT2D eigenvalue weighted by molar-refractivity contribution is 0.755. The van der Waals surface area contributed by atoms with Crippen LogP contribution in [0.2, 0.25) is 0 Å². The third kappa shape index (κ3) is 1.98. The summed E-state index contributed by atoms with van der Waals surface area (Å²) in [6, 6.07) is 9.04. The van der Waals surface area contributed by atoms with Gasteiger partial charge < -0.3 is 5.32 Å². The lowest BCUT2D eigenvalue weighted by atomic mass is 10.1. The maximum Gasteiger partial charge on any atom is 0.0415 e. The molecule has 0 aromatic heterocycles. The van der Waals surface area contributed by atoms with Gasteiger partial charge in [-0.2, -0.15) is 0 Å². The van der Waals surface area contributed by atoms with Crippen molar-refractivity contribution in [1.82, 2.24) is 0 Å². The van der Waals surface area contributed by atoms with Gasteiger partial charge in [0.25, 0.3) is 0 Å². The fourth-order valence-corrected chi connectivity index (χ4v) is 2.10. The number of rotatable bonds is 3. The van der Waals surface area contributed by atoms with Crippen LogP contribution in [0.15, 0.2) is 30.8 Å². The molecule has 1 aliphatic rings. The van der Waals surface area contributed by atoms with Crippen LogP contribution in [-0.2, 0) is 0 Å². The fourth-order valence-electron chi connectivity index (χ4n) is 2.10. The topological polar surface area (TPSA) is 12.0 Å². The summed E-state index contributed by atoms with van der Waals surface area (Å²) in [6.07, 6.45) is 7.27. The molecule has 1 aliphatic carbocycles. The van der Waals surface area contributed by atoms with E-state index in [-0.39, 0.29) is 0 Å². The van der Waals surface area contributed by atoms with Gasteiger partial charge in [0, 0.05) is 11.7 Å². The Bertz CT molecular complexity index is 311. The van der Waals surface area contributed by atoms with E-state index in [1.165, 1.54) is 36.9 Å². The highest BCUT2D eigenvalue weighted by Crippen LogP contribution is 2.24. The summed E-state index contributed by atoms with van der Waals surface area (Å²) in [5, 5.41) is 3.59. The Hall–Kier alpha value is -1.24. The highest BCUT2D eigenvalue weighted by Gasteiger charge is 2.14. The van der Waals surface area contributed by atoms with E-state index in [0.717, 1.165) is 0 Å². The van der Waals surface area contributed by atoms with Gasteiger partial charge in [-0.15, -0.1) is 0 Å². The van der Waals surface area contributed by atoms with Crippen LogP contribution in [0.3, 0.4) is 0 Å². The van der Waals surface area contributed by atoms with E-state index in [4.69, 9.17) is 0 Å². The summed E-state index contributed by atoms with van der Waals surface area (Å²) in [5.74, 6) is 0. The van der Waals surface area contributed by atoms with Crippen molar-refractivity contribution in [2.24, 2.45) is 0 Å². The SMILES string of the molecule is C=Cc1ccccc1NC1CCCC1. The summed E-state index contributed by atoms with van der Waals surface area (Å²) >= 11 is 0. The molecule has 0 amide bonds. The number of anilines is 1. The number of benzene rings is 1. The first-order valence-corrected chi connectivity index (χ1v) is 5.38. The smallest absolute Gasteiger partial charge is 0.0415 e. The third-order valence-electron chi connectivity index (χ3n) is 2.90. The van der Waals surface area contributed by atoms with E-state index in [1.807, 2.05) is 6.08 Å². The van der Waals surface area contributed by atoms with Crippen molar-refractivity contribution in [2.75, 3.05) is 5.32 Å². The van der Waals surface area contributed by atoms with Gasteiger partial charge in [0.05, 0.1) is 0 Å². The largest absolute Gasteiger partial charge is 0.382 e. The van der Waals surface area contributed by atoms with Crippen molar-refractivity contribution in [3.63, 3.8) is 0 Å². The Labute approximate surface area is 85.8 Å². The summed E-state index contributed by atoms with van der Waals surface area (Å²) in [6.45, 7) is 3.83. The van der Waals surface area contributed by atoms with E-state index in [2.05, 4.69) is 36.2 Å². The van der Waals surface area contributed by atoms with Gasteiger partial charge in [-0.25, -0.2) is 0 Å². The number of hydrogen-bond donors (Lipinski definition) is 1. The normalized spacial score (nSPS) is 16.9. The van der Waals surface area contributed by atoms with Crippen molar-refractivity contribution < 1.29 is 0 Å².